The number of rotatable bonds is 4. The average molecular weight is 376 g/mol. The molecule has 1 aliphatic carbocycles. The molecule has 27 heavy (non-hydrogen) atoms. The molecule has 1 saturated carbocycles. The summed E-state index contributed by atoms with van der Waals surface area (Å²) < 4.78 is 24.7. The number of hydrogen-bond acceptors (Lipinski definition) is 4. The molecule has 0 bridgehead atoms. The number of likely N-dealkylation sites (tertiary alicyclic amines) is 1. The van der Waals surface area contributed by atoms with Gasteiger partial charge in [0.05, 0.1) is 12.2 Å². The Morgan fingerprint density at radius 1 is 1.15 bits per heavy atom. The smallest absolute Gasteiger partial charge is 0.255 e. The third-order valence-electron chi connectivity index (χ3n) is 6.09. The number of fused-ring (bicyclic) bond motifs is 1. The number of halogens is 1. The van der Waals surface area contributed by atoms with Crippen molar-refractivity contribution in [2.75, 3.05) is 26.4 Å². The van der Waals surface area contributed by atoms with Gasteiger partial charge in [0.25, 0.3) is 5.91 Å². The lowest BCUT2D eigenvalue weighted by Gasteiger charge is -2.37. The molecule has 1 aromatic rings. The second-order valence-electron chi connectivity index (χ2n) is 8.04. The number of benzene rings is 1. The fourth-order valence-corrected chi connectivity index (χ4v) is 4.68. The minimum atomic E-state index is -0.429. The van der Waals surface area contributed by atoms with Gasteiger partial charge in [0.15, 0.2) is 6.79 Å². The van der Waals surface area contributed by atoms with Gasteiger partial charge in [-0.15, -0.1) is 0 Å². The van der Waals surface area contributed by atoms with E-state index in [-0.39, 0.29) is 30.9 Å². The minimum Gasteiger partial charge on any atom is -0.466 e. The van der Waals surface area contributed by atoms with E-state index in [1.807, 2.05) is 0 Å². The maximum Gasteiger partial charge on any atom is 0.255 e. The molecule has 2 fully saturated rings. The first-order chi connectivity index (χ1) is 13.2. The van der Waals surface area contributed by atoms with Gasteiger partial charge in [0, 0.05) is 18.2 Å². The van der Waals surface area contributed by atoms with Crippen LogP contribution in [0.2, 0.25) is 0 Å². The first-order valence-electron chi connectivity index (χ1n) is 10.3. The summed E-state index contributed by atoms with van der Waals surface area (Å²) in [5.74, 6) is 0.266. The van der Waals surface area contributed by atoms with E-state index in [9.17, 15) is 9.18 Å². The molecule has 1 unspecified atom stereocenters. The van der Waals surface area contributed by atoms with Crippen LogP contribution in [-0.4, -0.2) is 43.3 Å². The number of carbonyl (C=O) groups is 1. The topological polar surface area (TPSA) is 50.8 Å². The highest BCUT2D eigenvalue weighted by Crippen LogP contribution is 2.31. The van der Waals surface area contributed by atoms with E-state index < -0.39 is 5.82 Å². The Hall–Kier alpha value is -1.66. The molecular formula is C21H29FN2O3. The lowest BCUT2D eigenvalue weighted by molar-refractivity contribution is -0.0171. The Kier molecular flexibility index (Phi) is 5.93. The maximum atomic E-state index is 14.0. The first kappa shape index (κ1) is 18.7. The number of carbonyl (C=O) groups excluding carboxylic acids is 1. The van der Waals surface area contributed by atoms with E-state index in [0.717, 1.165) is 25.8 Å². The van der Waals surface area contributed by atoms with E-state index in [0.29, 0.717) is 17.2 Å². The van der Waals surface area contributed by atoms with Gasteiger partial charge in [0.2, 0.25) is 0 Å². The third kappa shape index (κ3) is 4.43. The molecule has 2 aliphatic heterocycles. The Labute approximate surface area is 160 Å². The highest BCUT2D eigenvalue weighted by Gasteiger charge is 2.30. The number of nitrogens with zero attached hydrogens (tertiary/aromatic N) is 1. The van der Waals surface area contributed by atoms with Gasteiger partial charge in [-0.3, -0.25) is 4.79 Å². The summed E-state index contributed by atoms with van der Waals surface area (Å²) in [5.41, 5.74) is 0.885. The SMILES string of the molecule is O=C(NC1CCCC[C@H]1CN1CCCCC1)c1cc(F)cc2c1OCOC2. The quantitative estimate of drug-likeness (QED) is 0.874. The van der Waals surface area contributed by atoms with Crippen molar-refractivity contribution in [3.63, 3.8) is 0 Å². The summed E-state index contributed by atoms with van der Waals surface area (Å²) in [6.07, 6.45) is 8.37. The monoisotopic (exact) mass is 376 g/mol. The number of hydrogen-bond donors (Lipinski definition) is 1. The van der Waals surface area contributed by atoms with Gasteiger partial charge in [0.1, 0.15) is 11.6 Å². The van der Waals surface area contributed by atoms with Crippen molar-refractivity contribution in [3.8, 4) is 5.75 Å². The van der Waals surface area contributed by atoms with Gasteiger partial charge < -0.3 is 19.7 Å². The van der Waals surface area contributed by atoms with Crippen LogP contribution in [0.5, 0.6) is 5.75 Å². The van der Waals surface area contributed by atoms with Gasteiger partial charge in [-0.25, -0.2) is 4.39 Å². The molecule has 148 valence electrons. The van der Waals surface area contributed by atoms with Crippen LogP contribution in [0, 0.1) is 11.7 Å². The summed E-state index contributed by atoms with van der Waals surface area (Å²) in [6, 6.07) is 2.81. The van der Waals surface area contributed by atoms with Crippen LogP contribution >= 0.6 is 0 Å². The van der Waals surface area contributed by atoms with Gasteiger partial charge in [-0.2, -0.15) is 0 Å². The van der Waals surface area contributed by atoms with Gasteiger partial charge >= 0.3 is 0 Å². The number of piperidine rings is 1. The molecule has 5 nitrogen and oxygen atoms in total. The molecule has 2 atom stereocenters. The minimum absolute atomic E-state index is 0.0971. The molecular weight excluding hydrogens is 347 g/mol. The highest BCUT2D eigenvalue weighted by atomic mass is 19.1. The summed E-state index contributed by atoms with van der Waals surface area (Å²) in [4.78, 5) is 15.5. The van der Waals surface area contributed by atoms with E-state index in [1.54, 1.807) is 0 Å². The molecule has 0 radical (unpaired) electrons. The predicted octanol–water partition coefficient (Wildman–Crippen LogP) is 3.47. The maximum absolute atomic E-state index is 14.0. The van der Waals surface area contributed by atoms with Crippen molar-refractivity contribution in [1.29, 1.82) is 0 Å². The first-order valence-corrected chi connectivity index (χ1v) is 10.3. The van der Waals surface area contributed by atoms with E-state index >= 15 is 0 Å². The van der Waals surface area contributed by atoms with Crippen LogP contribution in [-0.2, 0) is 11.3 Å². The van der Waals surface area contributed by atoms with Crippen LogP contribution in [0.15, 0.2) is 12.1 Å². The predicted molar refractivity (Wildman–Crippen MR) is 100 cm³/mol. The summed E-state index contributed by atoms with van der Waals surface area (Å²) in [5, 5.41) is 3.20. The molecule has 2 heterocycles. The van der Waals surface area contributed by atoms with Crippen molar-refractivity contribution in [1.82, 2.24) is 10.2 Å². The normalized spacial score (nSPS) is 26.1. The van der Waals surface area contributed by atoms with Crippen LogP contribution in [0.4, 0.5) is 4.39 Å². The molecule has 4 rings (SSSR count). The van der Waals surface area contributed by atoms with Crippen LogP contribution < -0.4 is 10.1 Å². The number of amides is 1. The second kappa shape index (κ2) is 8.57. The summed E-state index contributed by atoms with van der Waals surface area (Å²) >= 11 is 0. The number of nitrogens with one attached hydrogen (secondary N) is 1. The zero-order valence-electron chi connectivity index (χ0n) is 15.8. The zero-order chi connectivity index (χ0) is 18.6. The van der Waals surface area contributed by atoms with Crippen molar-refractivity contribution >= 4 is 5.91 Å². The summed E-state index contributed by atoms with van der Waals surface area (Å²) in [7, 11) is 0. The fraction of sp³-hybridized carbons (Fsp3) is 0.667. The fourth-order valence-electron chi connectivity index (χ4n) is 4.68. The lowest BCUT2D eigenvalue weighted by Crippen LogP contribution is -2.47. The van der Waals surface area contributed by atoms with Crippen molar-refractivity contribution in [2.24, 2.45) is 5.92 Å². The second-order valence-corrected chi connectivity index (χ2v) is 8.04. The molecule has 3 aliphatic rings. The molecule has 1 N–H and O–H groups in total. The number of ether oxygens (including phenoxy) is 2. The molecule has 0 aromatic heterocycles. The molecule has 1 aromatic carbocycles. The Morgan fingerprint density at radius 3 is 2.81 bits per heavy atom. The Morgan fingerprint density at radius 2 is 1.96 bits per heavy atom. The molecule has 0 spiro atoms. The van der Waals surface area contributed by atoms with Gasteiger partial charge in [-0.1, -0.05) is 19.3 Å². The standard InChI is InChI=1S/C21H29FN2O3/c22-17-10-16-13-26-14-27-20(16)18(11-17)21(25)23-19-7-3-2-6-15(19)12-24-8-4-1-5-9-24/h10-11,15,19H,1-9,12-14H2,(H,23,25)/t15-,19?/m0/s1. The van der Waals surface area contributed by atoms with Crippen molar-refractivity contribution < 1.29 is 18.7 Å². The van der Waals surface area contributed by atoms with Crippen LogP contribution in [0.3, 0.4) is 0 Å². The zero-order valence-corrected chi connectivity index (χ0v) is 15.8. The molecule has 1 saturated heterocycles. The third-order valence-corrected chi connectivity index (χ3v) is 6.09. The molecule has 6 heteroatoms. The van der Waals surface area contributed by atoms with Crippen LogP contribution in [0.25, 0.3) is 0 Å². The highest BCUT2D eigenvalue weighted by molar-refractivity contribution is 5.97. The largest absolute Gasteiger partial charge is 0.466 e. The van der Waals surface area contributed by atoms with Crippen molar-refractivity contribution in [3.05, 3.63) is 29.1 Å². The summed E-state index contributed by atoms with van der Waals surface area (Å²) in [6.45, 7) is 3.76. The van der Waals surface area contributed by atoms with E-state index in [2.05, 4.69) is 10.2 Å². The average Bonchev–Trinajstić information content (AvgIpc) is 2.69. The van der Waals surface area contributed by atoms with Crippen LogP contribution in [0.1, 0.15) is 60.9 Å². The van der Waals surface area contributed by atoms with E-state index in [4.69, 9.17) is 9.47 Å². The van der Waals surface area contributed by atoms with Gasteiger partial charge in [-0.05, 0) is 56.8 Å². The lowest BCUT2D eigenvalue weighted by atomic mass is 9.83. The Bertz CT molecular complexity index is 676. The van der Waals surface area contributed by atoms with E-state index in [1.165, 1.54) is 50.9 Å². The van der Waals surface area contributed by atoms with Crippen molar-refractivity contribution in [2.45, 2.75) is 57.6 Å². The molecule has 1 amide bonds. The Balaban J connectivity index is 1.46.